The van der Waals surface area contributed by atoms with Crippen LogP contribution in [0.25, 0.3) is 32.3 Å². The van der Waals surface area contributed by atoms with Crippen molar-refractivity contribution < 1.29 is 9.47 Å². The topological polar surface area (TPSA) is 18.5 Å². The number of hydrogen-bond donors (Lipinski definition) is 0. The molecule has 3 heteroatoms. The van der Waals surface area contributed by atoms with E-state index >= 15 is 0 Å². The zero-order valence-electron chi connectivity index (χ0n) is 16.2. The van der Waals surface area contributed by atoms with Gasteiger partial charge in [0.2, 0.25) is 0 Å². The SMILES string of the molecule is COC(COC(C)C)CSCc1ccc2ccc3cccc4ccc1c2c34. The molecule has 0 saturated heterocycles. The van der Waals surface area contributed by atoms with E-state index in [1.807, 2.05) is 11.8 Å². The Morgan fingerprint density at radius 3 is 2.22 bits per heavy atom. The fraction of sp³-hybridized carbons (Fsp3) is 0.333. The van der Waals surface area contributed by atoms with Crippen LogP contribution in [0.15, 0.2) is 54.6 Å². The number of benzene rings is 4. The summed E-state index contributed by atoms with van der Waals surface area (Å²) in [5, 5.41) is 8.12. The van der Waals surface area contributed by atoms with Crippen LogP contribution in [0.3, 0.4) is 0 Å². The van der Waals surface area contributed by atoms with E-state index in [-0.39, 0.29) is 12.2 Å². The summed E-state index contributed by atoms with van der Waals surface area (Å²) in [4.78, 5) is 0. The minimum Gasteiger partial charge on any atom is -0.378 e. The molecule has 0 bridgehead atoms. The fourth-order valence-corrected chi connectivity index (χ4v) is 4.79. The second-order valence-corrected chi connectivity index (χ2v) is 8.37. The minimum absolute atomic E-state index is 0.136. The lowest BCUT2D eigenvalue weighted by atomic mass is 9.92. The highest BCUT2D eigenvalue weighted by Crippen LogP contribution is 2.36. The van der Waals surface area contributed by atoms with E-state index in [4.69, 9.17) is 9.47 Å². The summed E-state index contributed by atoms with van der Waals surface area (Å²) in [6, 6.07) is 20.1. The Kier molecular flexibility index (Phi) is 5.53. The largest absolute Gasteiger partial charge is 0.378 e. The Morgan fingerprint density at radius 1 is 0.852 bits per heavy atom. The molecule has 0 heterocycles. The Morgan fingerprint density at radius 2 is 1.52 bits per heavy atom. The predicted octanol–water partition coefficient (Wildman–Crippen LogP) is 6.26. The standard InChI is InChI=1S/C24H26O2S/c1-16(2)26-13-21(25-3)15-27-14-20-10-9-19-8-7-17-5-4-6-18-11-12-22(20)24(19)23(17)18/h4-12,16,21H,13-15H2,1-3H3. The predicted molar refractivity (Wildman–Crippen MR) is 118 cm³/mol. The molecule has 0 aliphatic carbocycles. The van der Waals surface area contributed by atoms with E-state index in [1.165, 1.54) is 37.9 Å². The molecule has 140 valence electrons. The van der Waals surface area contributed by atoms with Gasteiger partial charge in [-0.3, -0.25) is 0 Å². The summed E-state index contributed by atoms with van der Waals surface area (Å²) in [5.41, 5.74) is 1.39. The monoisotopic (exact) mass is 378 g/mol. The van der Waals surface area contributed by atoms with Gasteiger partial charge in [0.25, 0.3) is 0 Å². The maximum absolute atomic E-state index is 5.71. The average Bonchev–Trinajstić information content (AvgIpc) is 2.69. The van der Waals surface area contributed by atoms with Gasteiger partial charge < -0.3 is 9.47 Å². The third-order valence-corrected chi connectivity index (χ3v) is 6.25. The van der Waals surface area contributed by atoms with Crippen molar-refractivity contribution in [3.05, 3.63) is 60.2 Å². The molecule has 0 aliphatic rings. The molecule has 0 aromatic heterocycles. The molecule has 1 atom stereocenters. The van der Waals surface area contributed by atoms with Crippen molar-refractivity contribution in [1.82, 2.24) is 0 Å². The Hall–Kier alpha value is -1.81. The molecule has 0 N–H and O–H groups in total. The maximum atomic E-state index is 5.71. The Bertz CT molecular complexity index is 1020. The molecule has 0 radical (unpaired) electrons. The average molecular weight is 379 g/mol. The Balaban J connectivity index is 1.59. The quantitative estimate of drug-likeness (QED) is 0.337. The molecule has 0 saturated carbocycles. The van der Waals surface area contributed by atoms with Crippen LogP contribution in [0.5, 0.6) is 0 Å². The molecular weight excluding hydrogens is 352 g/mol. The first-order valence-electron chi connectivity index (χ1n) is 9.55. The van der Waals surface area contributed by atoms with Crippen LogP contribution >= 0.6 is 11.8 Å². The highest BCUT2D eigenvalue weighted by molar-refractivity contribution is 7.98. The van der Waals surface area contributed by atoms with E-state index in [2.05, 4.69) is 68.4 Å². The lowest BCUT2D eigenvalue weighted by Gasteiger charge is -2.18. The first kappa shape index (κ1) is 18.5. The first-order chi connectivity index (χ1) is 13.2. The number of rotatable bonds is 8. The van der Waals surface area contributed by atoms with Crippen molar-refractivity contribution in [2.45, 2.75) is 31.8 Å². The van der Waals surface area contributed by atoms with Gasteiger partial charge >= 0.3 is 0 Å². The van der Waals surface area contributed by atoms with Crippen molar-refractivity contribution in [1.29, 1.82) is 0 Å². The number of methoxy groups -OCH3 is 1. The molecule has 4 aromatic carbocycles. The Labute approximate surface area is 165 Å². The summed E-state index contributed by atoms with van der Waals surface area (Å²) in [6.07, 6.45) is 0.377. The molecule has 0 amide bonds. The van der Waals surface area contributed by atoms with E-state index in [0.29, 0.717) is 6.61 Å². The van der Waals surface area contributed by atoms with Gasteiger partial charge in [0.1, 0.15) is 0 Å². The van der Waals surface area contributed by atoms with Crippen LogP contribution in [0.2, 0.25) is 0 Å². The zero-order chi connectivity index (χ0) is 18.8. The smallest absolute Gasteiger partial charge is 0.0895 e. The second kappa shape index (κ2) is 8.05. The van der Waals surface area contributed by atoms with Gasteiger partial charge in [-0.25, -0.2) is 0 Å². The normalized spacial score (nSPS) is 13.3. The third-order valence-electron chi connectivity index (χ3n) is 5.13. The van der Waals surface area contributed by atoms with Crippen LogP contribution in [0.1, 0.15) is 19.4 Å². The van der Waals surface area contributed by atoms with E-state index in [9.17, 15) is 0 Å². The molecule has 0 aliphatic heterocycles. The highest BCUT2D eigenvalue weighted by Gasteiger charge is 2.12. The summed E-state index contributed by atoms with van der Waals surface area (Å²) in [6.45, 7) is 4.77. The number of thioether (sulfide) groups is 1. The summed E-state index contributed by atoms with van der Waals surface area (Å²) in [5.74, 6) is 1.92. The molecule has 1 unspecified atom stereocenters. The minimum atomic E-state index is 0.136. The van der Waals surface area contributed by atoms with Crippen LogP contribution < -0.4 is 0 Å². The molecule has 27 heavy (non-hydrogen) atoms. The third kappa shape index (κ3) is 3.77. The molecule has 4 aromatic rings. The van der Waals surface area contributed by atoms with E-state index in [0.717, 1.165) is 11.5 Å². The van der Waals surface area contributed by atoms with E-state index < -0.39 is 0 Å². The first-order valence-corrected chi connectivity index (χ1v) is 10.7. The van der Waals surface area contributed by atoms with Crippen molar-refractivity contribution in [2.75, 3.05) is 19.5 Å². The summed E-state index contributed by atoms with van der Waals surface area (Å²) >= 11 is 1.92. The van der Waals surface area contributed by atoms with Crippen molar-refractivity contribution >= 4 is 44.1 Å². The van der Waals surface area contributed by atoms with Crippen molar-refractivity contribution in [2.24, 2.45) is 0 Å². The molecule has 0 fully saturated rings. The van der Waals surface area contributed by atoms with Gasteiger partial charge in [-0.1, -0.05) is 54.6 Å². The lowest BCUT2D eigenvalue weighted by molar-refractivity contribution is -0.00479. The molecule has 0 spiro atoms. The molecule has 4 rings (SSSR count). The van der Waals surface area contributed by atoms with Crippen LogP contribution in [-0.2, 0) is 15.2 Å². The number of hydrogen-bond acceptors (Lipinski definition) is 3. The van der Waals surface area contributed by atoms with Gasteiger partial charge in [0.15, 0.2) is 0 Å². The van der Waals surface area contributed by atoms with Gasteiger partial charge in [-0.2, -0.15) is 11.8 Å². The van der Waals surface area contributed by atoms with Gasteiger partial charge in [0.05, 0.1) is 18.8 Å². The fourth-order valence-electron chi connectivity index (χ4n) is 3.71. The lowest BCUT2D eigenvalue weighted by Crippen LogP contribution is -2.23. The second-order valence-electron chi connectivity index (χ2n) is 7.34. The summed E-state index contributed by atoms with van der Waals surface area (Å²) in [7, 11) is 1.77. The van der Waals surface area contributed by atoms with E-state index in [1.54, 1.807) is 7.11 Å². The molecular formula is C24H26O2S. The van der Waals surface area contributed by atoms with Crippen LogP contribution in [0, 0.1) is 0 Å². The highest BCUT2D eigenvalue weighted by atomic mass is 32.2. The summed E-state index contributed by atoms with van der Waals surface area (Å²) < 4.78 is 11.3. The van der Waals surface area contributed by atoms with Crippen molar-refractivity contribution in [3.8, 4) is 0 Å². The number of ether oxygens (including phenoxy) is 2. The van der Waals surface area contributed by atoms with Crippen LogP contribution in [-0.4, -0.2) is 31.7 Å². The molecule has 2 nitrogen and oxygen atoms in total. The maximum Gasteiger partial charge on any atom is 0.0895 e. The zero-order valence-corrected chi connectivity index (χ0v) is 17.0. The van der Waals surface area contributed by atoms with Crippen molar-refractivity contribution in [3.63, 3.8) is 0 Å². The van der Waals surface area contributed by atoms with Gasteiger partial charge in [0, 0.05) is 18.6 Å². The van der Waals surface area contributed by atoms with Gasteiger partial charge in [-0.05, 0) is 51.7 Å². The van der Waals surface area contributed by atoms with Crippen LogP contribution in [0.4, 0.5) is 0 Å². The van der Waals surface area contributed by atoms with Gasteiger partial charge in [-0.15, -0.1) is 0 Å².